The Kier molecular flexibility index (Phi) is 5.34. The Morgan fingerprint density at radius 3 is 2.94 bits per heavy atom. The van der Waals surface area contributed by atoms with Crippen LogP contribution in [0, 0.1) is 0 Å². The number of carbonyl (C=O) groups excluding carboxylic acids is 2. The number of hydrogen-bond acceptors (Lipinski definition) is 6. The van der Waals surface area contributed by atoms with Crippen molar-refractivity contribution in [1.82, 2.24) is 0 Å². The molecule has 0 aromatic rings. The van der Waals surface area contributed by atoms with Gasteiger partial charge in [0.25, 0.3) is 0 Å². The van der Waals surface area contributed by atoms with Crippen LogP contribution in [0.3, 0.4) is 0 Å². The van der Waals surface area contributed by atoms with Crippen molar-refractivity contribution in [2.45, 2.75) is 18.5 Å². The average Bonchev–Trinajstić information content (AvgIpc) is 2.30. The van der Waals surface area contributed by atoms with Gasteiger partial charge in [-0.3, -0.25) is 0 Å². The van der Waals surface area contributed by atoms with Crippen LogP contribution in [0.15, 0.2) is 12.7 Å². The maximum absolute atomic E-state index is 11.5. The molecule has 1 saturated heterocycles. The van der Waals surface area contributed by atoms with E-state index < -0.39 is 18.0 Å². The topological polar surface area (TPSA) is 61.8 Å². The van der Waals surface area contributed by atoms with E-state index in [0.717, 1.165) is 11.8 Å². The molecule has 0 radical (unpaired) electrons. The highest BCUT2D eigenvalue weighted by Crippen LogP contribution is 2.18. The Hall–Kier alpha value is -1.01. The van der Waals surface area contributed by atoms with Gasteiger partial charge in [-0.25, -0.2) is 9.59 Å². The van der Waals surface area contributed by atoms with Crippen LogP contribution in [-0.4, -0.2) is 42.4 Å². The number of carbonyl (C=O) groups is 2. The molecule has 1 aliphatic heterocycles. The highest BCUT2D eigenvalue weighted by atomic mass is 32.2. The van der Waals surface area contributed by atoms with E-state index in [9.17, 15) is 9.59 Å². The molecule has 16 heavy (non-hydrogen) atoms. The van der Waals surface area contributed by atoms with Crippen molar-refractivity contribution in [2.75, 3.05) is 19.0 Å². The zero-order valence-corrected chi connectivity index (χ0v) is 9.83. The molecule has 1 fully saturated rings. The van der Waals surface area contributed by atoms with E-state index in [1.54, 1.807) is 0 Å². The molecule has 1 heterocycles. The lowest BCUT2D eigenvalue weighted by Gasteiger charge is -2.23. The highest BCUT2D eigenvalue weighted by molar-refractivity contribution is 7.99. The SMILES string of the molecule is C=CC(=O)OC(C)C(=O)OC1COCCS1. The standard InChI is InChI=1S/C10H14O5S/c1-3-8(11)14-7(2)10(12)15-9-6-13-4-5-16-9/h3,7,9H,1,4-6H2,2H3. The minimum absolute atomic E-state index is 0.314. The van der Waals surface area contributed by atoms with Gasteiger partial charge in [0.1, 0.15) is 0 Å². The molecule has 2 atom stereocenters. The maximum Gasteiger partial charge on any atom is 0.348 e. The van der Waals surface area contributed by atoms with E-state index in [-0.39, 0.29) is 5.44 Å². The third-order valence-electron chi connectivity index (χ3n) is 1.82. The third kappa shape index (κ3) is 4.24. The first-order chi connectivity index (χ1) is 7.63. The summed E-state index contributed by atoms with van der Waals surface area (Å²) in [7, 11) is 0. The van der Waals surface area contributed by atoms with Gasteiger partial charge in [0.05, 0.1) is 13.2 Å². The van der Waals surface area contributed by atoms with E-state index in [1.165, 1.54) is 18.7 Å². The van der Waals surface area contributed by atoms with Gasteiger partial charge < -0.3 is 14.2 Å². The molecule has 0 N–H and O–H groups in total. The molecular weight excluding hydrogens is 232 g/mol. The average molecular weight is 246 g/mol. The summed E-state index contributed by atoms with van der Waals surface area (Å²) in [6, 6.07) is 0. The summed E-state index contributed by atoms with van der Waals surface area (Å²) in [5.41, 5.74) is -0.314. The zero-order valence-electron chi connectivity index (χ0n) is 9.01. The van der Waals surface area contributed by atoms with Crippen LogP contribution >= 0.6 is 11.8 Å². The molecule has 1 rings (SSSR count). The molecule has 0 bridgehead atoms. The normalized spacial score (nSPS) is 21.9. The van der Waals surface area contributed by atoms with Crippen LogP contribution < -0.4 is 0 Å². The molecular formula is C10H14O5S. The molecule has 0 aliphatic carbocycles. The van der Waals surface area contributed by atoms with Crippen molar-refractivity contribution in [3.05, 3.63) is 12.7 Å². The fraction of sp³-hybridized carbons (Fsp3) is 0.600. The predicted octanol–water partition coefficient (Wildman–Crippen LogP) is 0.737. The van der Waals surface area contributed by atoms with Crippen molar-refractivity contribution in [2.24, 2.45) is 0 Å². The molecule has 0 spiro atoms. The van der Waals surface area contributed by atoms with Crippen LogP contribution in [0.4, 0.5) is 0 Å². The maximum atomic E-state index is 11.5. The number of esters is 2. The molecule has 1 aliphatic rings. The lowest BCUT2D eigenvalue weighted by atomic mass is 10.4. The largest absolute Gasteiger partial charge is 0.447 e. The van der Waals surface area contributed by atoms with E-state index in [2.05, 4.69) is 6.58 Å². The second-order valence-electron chi connectivity index (χ2n) is 3.10. The van der Waals surface area contributed by atoms with E-state index in [0.29, 0.717) is 13.2 Å². The predicted molar refractivity (Wildman–Crippen MR) is 58.9 cm³/mol. The number of hydrogen-bond donors (Lipinski definition) is 0. The van der Waals surface area contributed by atoms with Crippen molar-refractivity contribution in [3.63, 3.8) is 0 Å². The van der Waals surface area contributed by atoms with Gasteiger partial charge in [0, 0.05) is 11.8 Å². The Balaban J connectivity index is 2.32. The first-order valence-corrected chi connectivity index (χ1v) is 5.91. The highest BCUT2D eigenvalue weighted by Gasteiger charge is 2.24. The fourth-order valence-corrected chi connectivity index (χ4v) is 1.86. The summed E-state index contributed by atoms with van der Waals surface area (Å²) in [6.07, 6.45) is 0.0791. The van der Waals surface area contributed by atoms with Gasteiger partial charge in [0.2, 0.25) is 0 Å². The summed E-state index contributed by atoms with van der Waals surface area (Å²) in [5, 5.41) is 0. The zero-order chi connectivity index (χ0) is 12.0. The first-order valence-electron chi connectivity index (χ1n) is 4.86. The molecule has 90 valence electrons. The van der Waals surface area contributed by atoms with Crippen molar-refractivity contribution in [1.29, 1.82) is 0 Å². The van der Waals surface area contributed by atoms with Gasteiger partial charge in [0.15, 0.2) is 11.5 Å². The second-order valence-corrected chi connectivity index (χ2v) is 4.36. The van der Waals surface area contributed by atoms with E-state index >= 15 is 0 Å². The van der Waals surface area contributed by atoms with Gasteiger partial charge in [-0.2, -0.15) is 0 Å². The number of ether oxygens (including phenoxy) is 3. The molecule has 6 heteroatoms. The smallest absolute Gasteiger partial charge is 0.348 e. The van der Waals surface area contributed by atoms with Crippen LogP contribution in [0.25, 0.3) is 0 Å². The molecule has 0 aromatic heterocycles. The quantitative estimate of drug-likeness (QED) is 0.538. The van der Waals surface area contributed by atoms with Gasteiger partial charge in [-0.15, -0.1) is 11.8 Å². The Bertz CT molecular complexity index is 272. The molecule has 5 nitrogen and oxygen atoms in total. The Morgan fingerprint density at radius 2 is 2.38 bits per heavy atom. The van der Waals surface area contributed by atoms with E-state index in [1.807, 2.05) is 0 Å². The van der Waals surface area contributed by atoms with Gasteiger partial charge >= 0.3 is 11.9 Å². The van der Waals surface area contributed by atoms with Gasteiger partial charge in [-0.05, 0) is 6.92 Å². The summed E-state index contributed by atoms with van der Waals surface area (Å²) < 4.78 is 15.0. The monoisotopic (exact) mass is 246 g/mol. The van der Waals surface area contributed by atoms with Crippen LogP contribution in [0.2, 0.25) is 0 Å². The Morgan fingerprint density at radius 1 is 1.62 bits per heavy atom. The van der Waals surface area contributed by atoms with Crippen molar-refractivity contribution >= 4 is 23.7 Å². The Labute approximate surface area is 98.1 Å². The minimum Gasteiger partial charge on any atom is -0.447 e. The second kappa shape index (κ2) is 6.55. The molecule has 0 aromatic carbocycles. The number of rotatable bonds is 4. The lowest BCUT2D eigenvalue weighted by molar-refractivity contribution is -0.166. The minimum atomic E-state index is -0.923. The number of thioether (sulfide) groups is 1. The fourth-order valence-electron chi connectivity index (χ4n) is 1.03. The summed E-state index contributed by atoms with van der Waals surface area (Å²) in [6.45, 7) is 5.73. The summed E-state index contributed by atoms with van der Waals surface area (Å²) in [5.74, 6) is -0.422. The van der Waals surface area contributed by atoms with Crippen LogP contribution in [-0.2, 0) is 23.8 Å². The summed E-state index contributed by atoms with van der Waals surface area (Å²) in [4.78, 5) is 22.3. The van der Waals surface area contributed by atoms with Crippen LogP contribution in [0.5, 0.6) is 0 Å². The van der Waals surface area contributed by atoms with Crippen molar-refractivity contribution < 1.29 is 23.8 Å². The lowest BCUT2D eigenvalue weighted by Crippen LogP contribution is -2.32. The van der Waals surface area contributed by atoms with E-state index in [4.69, 9.17) is 14.2 Å². The molecule has 0 saturated carbocycles. The molecule has 2 unspecified atom stereocenters. The third-order valence-corrected chi connectivity index (χ3v) is 2.83. The summed E-state index contributed by atoms with van der Waals surface area (Å²) >= 11 is 1.50. The van der Waals surface area contributed by atoms with Crippen LogP contribution in [0.1, 0.15) is 6.92 Å². The first kappa shape index (κ1) is 13.1. The van der Waals surface area contributed by atoms with Crippen molar-refractivity contribution in [3.8, 4) is 0 Å². The van der Waals surface area contributed by atoms with Gasteiger partial charge in [-0.1, -0.05) is 6.58 Å². The molecule has 0 amide bonds.